The van der Waals surface area contributed by atoms with Crippen molar-refractivity contribution in [2.24, 2.45) is 5.73 Å². The standard InChI is InChI=1S/C17H16ClN3O4S/c18-13-3-1-2-11(8-13)6-7-20-16(22)10-26-15-5-4-12(17(19)23)9-14(15)21(24)25/h1-5,8-9H,6-7,10H2,(H2,19,23)(H,20,22). The number of hydrogen-bond acceptors (Lipinski definition) is 5. The van der Waals surface area contributed by atoms with Gasteiger partial charge >= 0.3 is 0 Å². The van der Waals surface area contributed by atoms with E-state index in [0.29, 0.717) is 22.9 Å². The Morgan fingerprint density at radius 3 is 2.65 bits per heavy atom. The summed E-state index contributed by atoms with van der Waals surface area (Å²) < 4.78 is 0. The van der Waals surface area contributed by atoms with Crippen molar-refractivity contribution in [1.29, 1.82) is 0 Å². The highest BCUT2D eigenvalue weighted by molar-refractivity contribution is 8.00. The summed E-state index contributed by atoms with van der Waals surface area (Å²) in [4.78, 5) is 33.9. The number of nitrogens with zero attached hydrogens (tertiary/aromatic N) is 1. The molecular weight excluding hydrogens is 378 g/mol. The number of carbonyl (C=O) groups is 2. The van der Waals surface area contributed by atoms with Gasteiger partial charge in [-0.05, 0) is 36.2 Å². The maximum Gasteiger partial charge on any atom is 0.283 e. The predicted molar refractivity (Wildman–Crippen MR) is 101 cm³/mol. The van der Waals surface area contributed by atoms with Crippen LogP contribution in [0.5, 0.6) is 0 Å². The van der Waals surface area contributed by atoms with Gasteiger partial charge in [-0.1, -0.05) is 23.7 Å². The second kappa shape index (κ2) is 9.21. The zero-order valence-corrected chi connectivity index (χ0v) is 15.2. The van der Waals surface area contributed by atoms with Gasteiger partial charge in [0.05, 0.1) is 15.6 Å². The number of benzene rings is 2. The van der Waals surface area contributed by atoms with Gasteiger partial charge in [-0.3, -0.25) is 19.7 Å². The Balaban J connectivity index is 1.88. The van der Waals surface area contributed by atoms with Crippen molar-refractivity contribution < 1.29 is 14.5 Å². The maximum absolute atomic E-state index is 11.9. The molecule has 2 aromatic carbocycles. The van der Waals surface area contributed by atoms with E-state index in [9.17, 15) is 19.7 Å². The van der Waals surface area contributed by atoms with E-state index in [1.54, 1.807) is 6.07 Å². The fourth-order valence-corrected chi connectivity index (χ4v) is 3.22. The molecule has 0 saturated carbocycles. The number of halogens is 1. The first-order chi connectivity index (χ1) is 12.4. The molecule has 2 rings (SSSR count). The van der Waals surface area contributed by atoms with E-state index in [1.807, 2.05) is 18.2 Å². The molecule has 0 atom stereocenters. The summed E-state index contributed by atoms with van der Waals surface area (Å²) in [6, 6.07) is 11.3. The average Bonchev–Trinajstić information content (AvgIpc) is 2.59. The monoisotopic (exact) mass is 393 g/mol. The van der Waals surface area contributed by atoms with Crippen LogP contribution in [0, 0.1) is 10.1 Å². The summed E-state index contributed by atoms with van der Waals surface area (Å²) in [7, 11) is 0. The molecule has 3 N–H and O–H groups in total. The van der Waals surface area contributed by atoms with Crippen LogP contribution < -0.4 is 11.1 Å². The van der Waals surface area contributed by atoms with E-state index < -0.39 is 10.8 Å². The number of hydrogen-bond donors (Lipinski definition) is 2. The van der Waals surface area contributed by atoms with E-state index in [-0.39, 0.29) is 22.9 Å². The molecule has 0 aliphatic carbocycles. The topological polar surface area (TPSA) is 115 Å². The van der Waals surface area contributed by atoms with Crippen molar-refractivity contribution in [3.63, 3.8) is 0 Å². The summed E-state index contributed by atoms with van der Waals surface area (Å²) in [6.07, 6.45) is 0.629. The summed E-state index contributed by atoms with van der Waals surface area (Å²) in [5.41, 5.74) is 5.93. The van der Waals surface area contributed by atoms with Crippen LogP contribution in [0.25, 0.3) is 0 Å². The van der Waals surface area contributed by atoms with Gasteiger partial charge < -0.3 is 11.1 Å². The van der Waals surface area contributed by atoms with Crippen LogP contribution in [0.4, 0.5) is 5.69 Å². The molecule has 0 bridgehead atoms. The van der Waals surface area contributed by atoms with E-state index >= 15 is 0 Å². The number of primary amides is 1. The van der Waals surface area contributed by atoms with E-state index in [2.05, 4.69) is 5.32 Å². The largest absolute Gasteiger partial charge is 0.366 e. The van der Waals surface area contributed by atoms with Crippen molar-refractivity contribution in [2.45, 2.75) is 11.3 Å². The summed E-state index contributed by atoms with van der Waals surface area (Å²) in [6.45, 7) is 0.433. The Kier molecular flexibility index (Phi) is 6.99. The molecule has 0 saturated heterocycles. The highest BCUT2D eigenvalue weighted by Crippen LogP contribution is 2.29. The zero-order valence-electron chi connectivity index (χ0n) is 13.6. The molecule has 0 spiro atoms. The molecule has 7 nitrogen and oxygen atoms in total. The van der Waals surface area contributed by atoms with Gasteiger partial charge in [-0.15, -0.1) is 11.8 Å². The molecule has 0 radical (unpaired) electrons. The molecule has 0 fully saturated rings. The molecule has 0 aliphatic heterocycles. The molecular formula is C17H16ClN3O4S. The molecule has 0 unspecified atom stereocenters. The number of rotatable bonds is 8. The normalized spacial score (nSPS) is 10.3. The van der Waals surface area contributed by atoms with Crippen molar-refractivity contribution in [3.8, 4) is 0 Å². The fourth-order valence-electron chi connectivity index (χ4n) is 2.17. The molecule has 26 heavy (non-hydrogen) atoms. The Hall–Kier alpha value is -2.58. The number of nitrogens with one attached hydrogen (secondary N) is 1. The minimum absolute atomic E-state index is 0.0201. The Morgan fingerprint density at radius 2 is 2.00 bits per heavy atom. The van der Waals surface area contributed by atoms with Crippen LogP contribution in [0.3, 0.4) is 0 Å². The van der Waals surface area contributed by atoms with Gasteiger partial charge in [0.2, 0.25) is 11.8 Å². The van der Waals surface area contributed by atoms with Gasteiger partial charge in [-0.2, -0.15) is 0 Å². The number of nitro benzene ring substituents is 1. The van der Waals surface area contributed by atoms with Gasteiger partial charge in [0.15, 0.2) is 0 Å². The van der Waals surface area contributed by atoms with E-state index in [0.717, 1.165) is 23.4 Å². The smallest absolute Gasteiger partial charge is 0.283 e. The SMILES string of the molecule is NC(=O)c1ccc(SCC(=O)NCCc2cccc(Cl)c2)c([N+](=O)[O-])c1. The third-order valence-corrected chi connectivity index (χ3v) is 4.72. The Labute approximate surface area is 159 Å². The average molecular weight is 394 g/mol. The highest BCUT2D eigenvalue weighted by Gasteiger charge is 2.17. The lowest BCUT2D eigenvalue weighted by molar-refractivity contribution is -0.387. The van der Waals surface area contributed by atoms with Gasteiger partial charge in [-0.25, -0.2) is 0 Å². The summed E-state index contributed by atoms with van der Waals surface area (Å²) in [5.74, 6) is -0.972. The molecule has 0 aliphatic rings. The van der Waals surface area contributed by atoms with Gasteiger partial charge in [0.25, 0.3) is 5.69 Å². The maximum atomic E-state index is 11.9. The van der Waals surface area contributed by atoms with Crippen molar-refractivity contribution in [1.82, 2.24) is 5.32 Å². The van der Waals surface area contributed by atoms with Crippen LogP contribution in [0.1, 0.15) is 15.9 Å². The fraction of sp³-hybridized carbons (Fsp3) is 0.176. The molecule has 9 heteroatoms. The second-order valence-electron chi connectivity index (χ2n) is 5.32. The first-order valence-corrected chi connectivity index (χ1v) is 8.95. The second-order valence-corrected chi connectivity index (χ2v) is 6.78. The van der Waals surface area contributed by atoms with Crippen LogP contribution in [-0.2, 0) is 11.2 Å². The third kappa shape index (κ3) is 5.75. The zero-order chi connectivity index (χ0) is 19.1. The van der Waals surface area contributed by atoms with Crippen molar-refractivity contribution in [2.75, 3.05) is 12.3 Å². The van der Waals surface area contributed by atoms with Gasteiger partial charge in [0.1, 0.15) is 0 Å². The molecule has 0 heterocycles. The Morgan fingerprint density at radius 1 is 1.23 bits per heavy atom. The highest BCUT2D eigenvalue weighted by atomic mass is 35.5. The lowest BCUT2D eigenvalue weighted by atomic mass is 10.1. The minimum atomic E-state index is -0.747. The number of nitro groups is 1. The van der Waals surface area contributed by atoms with Crippen LogP contribution in [0.15, 0.2) is 47.4 Å². The molecule has 2 amide bonds. The third-order valence-electron chi connectivity index (χ3n) is 3.42. The minimum Gasteiger partial charge on any atom is -0.366 e. The Bertz CT molecular complexity index is 845. The van der Waals surface area contributed by atoms with Crippen molar-refractivity contribution >= 4 is 40.9 Å². The molecule has 0 aromatic heterocycles. The first-order valence-electron chi connectivity index (χ1n) is 7.59. The number of amides is 2. The van der Waals surface area contributed by atoms with Crippen LogP contribution in [0.2, 0.25) is 5.02 Å². The molecule has 136 valence electrons. The summed E-state index contributed by atoms with van der Waals surface area (Å²) >= 11 is 6.93. The predicted octanol–water partition coefficient (Wildman–Crippen LogP) is 2.80. The van der Waals surface area contributed by atoms with Crippen LogP contribution in [-0.4, -0.2) is 29.0 Å². The lowest BCUT2D eigenvalue weighted by Gasteiger charge is -2.07. The van der Waals surface area contributed by atoms with Crippen molar-refractivity contribution in [3.05, 3.63) is 68.7 Å². The molecule has 2 aromatic rings. The number of thioether (sulfide) groups is 1. The lowest BCUT2D eigenvalue weighted by Crippen LogP contribution is -2.27. The van der Waals surface area contributed by atoms with Crippen LogP contribution >= 0.6 is 23.4 Å². The summed E-state index contributed by atoms with van der Waals surface area (Å²) in [5, 5.41) is 14.5. The first kappa shape index (κ1) is 19.7. The van der Waals surface area contributed by atoms with E-state index in [4.69, 9.17) is 17.3 Å². The number of nitrogens with two attached hydrogens (primary N) is 1. The number of carbonyl (C=O) groups excluding carboxylic acids is 2. The van der Waals surface area contributed by atoms with Gasteiger partial charge in [0, 0.05) is 23.2 Å². The van der Waals surface area contributed by atoms with E-state index in [1.165, 1.54) is 12.1 Å². The quantitative estimate of drug-likeness (QED) is 0.406.